The zero-order chi connectivity index (χ0) is 13.9. The van der Waals surface area contributed by atoms with Crippen molar-refractivity contribution in [3.63, 3.8) is 0 Å². The summed E-state index contributed by atoms with van der Waals surface area (Å²) < 4.78 is 5.67. The summed E-state index contributed by atoms with van der Waals surface area (Å²) in [6, 6.07) is 11.1. The molecule has 1 aromatic carbocycles. The monoisotopic (exact) mass is 287 g/mol. The van der Waals surface area contributed by atoms with Gasteiger partial charge in [-0.2, -0.15) is 0 Å². The van der Waals surface area contributed by atoms with Crippen molar-refractivity contribution in [2.24, 2.45) is 0 Å². The molecule has 0 bridgehead atoms. The lowest BCUT2D eigenvalue weighted by atomic mass is 9.95. The first-order valence-corrected chi connectivity index (χ1v) is 7.01. The van der Waals surface area contributed by atoms with Crippen LogP contribution >= 0.6 is 11.6 Å². The van der Waals surface area contributed by atoms with Crippen LogP contribution in [0.15, 0.2) is 36.4 Å². The Bertz CT molecular complexity index is 655. The van der Waals surface area contributed by atoms with Crippen molar-refractivity contribution in [1.29, 1.82) is 0 Å². The van der Waals surface area contributed by atoms with Crippen LogP contribution in [0.2, 0.25) is 5.02 Å². The number of pyridine rings is 1. The minimum atomic E-state index is 0.177. The molecule has 0 fully saturated rings. The molecule has 1 aliphatic rings. The molecular weight excluding hydrogens is 274 g/mol. The van der Waals surface area contributed by atoms with Gasteiger partial charge in [0.15, 0.2) is 5.78 Å². The highest BCUT2D eigenvalue weighted by Gasteiger charge is 2.18. The number of carbonyl (C=O) groups is 1. The molecule has 1 heterocycles. The van der Waals surface area contributed by atoms with E-state index < -0.39 is 0 Å². The number of hydrogen-bond acceptors (Lipinski definition) is 3. The van der Waals surface area contributed by atoms with Crippen LogP contribution in [-0.4, -0.2) is 10.8 Å². The molecular formula is C16H14ClNO2. The standard InChI is InChI=1S/C16H14ClNO2/c17-13-5-2-1-4-11(13)10-20-16-9-8-12-14(18-16)6-3-7-15(12)19/h1-2,4-5,8-9H,3,6-7,10H2. The summed E-state index contributed by atoms with van der Waals surface area (Å²) in [6.07, 6.45) is 2.33. The van der Waals surface area contributed by atoms with Gasteiger partial charge in [0.25, 0.3) is 0 Å². The molecule has 1 aliphatic carbocycles. The fourth-order valence-electron chi connectivity index (χ4n) is 2.32. The fraction of sp³-hybridized carbons (Fsp3) is 0.250. The van der Waals surface area contributed by atoms with Gasteiger partial charge in [-0.05, 0) is 25.0 Å². The Morgan fingerprint density at radius 1 is 1.15 bits per heavy atom. The zero-order valence-corrected chi connectivity index (χ0v) is 11.7. The normalized spacial score (nSPS) is 13.9. The van der Waals surface area contributed by atoms with E-state index >= 15 is 0 Å². The number of carbonyl (C=O) groups excluding carboxylic acids is 1. The van der Waals surface area contributed by atoms with Crippen molar-refractivity contribution in [1.82, 2.24) is 4.98 Å². The van der Waals surface area contributed by atoms with Crippen LogP contribution in [0.25, 0.3) is 0 Å². The molecule has 4 heteroatoms. The Kier molecular flexibility index (Phi) is 3.70. The smallest absolute Gasteiger partial charge is 0.213 e. The average molecular weight is 288 g/mol. The maximum atomic E-state index is 11.7. The number of ether oxygens (including phenoxy) is 1. The molecule has 3 nitrogen and oxygen atoms in total. The quantitative estimate of drug-likeness (QED) is 0.861. The Morgan fingerprint density at radius 2 is 2.00 bits per heavy atom. The summed E-state index contributed by atoms with van der Waals surface area (Å²) in [5.41, 5.74) is 2.50. The summed E-state index contributed by atoms with van der Waals surface area (Å²) in [6.45, 7) is 0.374. The predicted molar refractivity (Wildman–Crippen MR) is 77.3 cm³/mol. The Morgan fingerprint density at radius 3 is 2.85 bits per heavy atom. The fourth-order valence-corrected chi connectivity index (χ4v) is 2.51. The van der Waals surface area contributed by atoms with Crippen molar-refractivity contribution < 1.29 is 9.53 Å². The molecule has 1 aromatic heterocycles. The molecule has 3 rings (SSSR count). The van der Waals surface area contributed by atoms with Gasteiger partial charge in [0.2, 0.25) is 5.88 Å². The van der Waals surface area contributed by atoms with E-state index in [4.69, 9.17) is 16.3 Å². The highest BCUT2D eigenvalue weighted by atomic mass is 35.5. The minimum absolute atomic E-state index is 0.177. The third kappa shape index (κ3) is 2.68. The first-order chi connectivity index (χ1) is 9.74. The lowest BCUT2D eigenvalue weighted by Gasteiger charge is -2.15. The van der Waals surface area contributed by atoms with Crippen molar-refractivity contribution in [2.75, 3.05) is 0 Å². The van der Waals surface area contributed by atoms with Crippen molar-refractivity contribution in [3.05, 3.63) is 58.2 Å². The number of fused-ring (bicyclic) bond motifs is 1. The van der Waals surface area contributed by atoms with Gasteiger partial charge >= 0.3 is 0 Å². The van der Waals surface area contributed by atoms with Crippen LogP contribution < -0.4 is 4.74 Å². The van der Waals surface area contributed by atoms with Gasteiger partial charge in [-0.25, -0.2) is 4.98 Å². The van der Waals surface area contributed by atoms with Gasteiger partial charge in [-0.3, -0.25) is 4.79 Å². The zero-order valence-electron chi connectivity index (χ0n) is 10.9. The lowest BCUT2D eigenvalue weighted by Crippen LogP contribution is -2.13. The van der Waals surface area contributed by atoms with E-state index in [1.807, 2.05) is 30.3 Å². The van der Waals surface area contributed by atoms with E-state index in [-0.39, 0.29) is 5.78 Å². The van der Waals surface area contributed by atoms with E-state index in [2.05, 4.69) is 4.98 Å². The molecule has 0 saturated carbocycles. The summed E-state index contributed by atoms with van der Waals surface area (Å²) >= 11 is 6.08. The second-order valence-electron chi connectivity index (χ2n) is 4.80. The number of halogens is 1. The summed E-state index contributed by atoms with van der Waals surface area (Å²) in [7, 11) is 0. The number of benzene rings is 1. The average Bonchev–Trinajstić information content (AvgIpc) is 2.46. The molecule has 0 saturated heterocycles. The summed E-state index contributed by atoms with van der Waals surface area (Å²) in [5, 5.41) is 0.681. The van der Waals surface area contributed by atoms with Crippen molar-refractivity contribution in [2.45, 2.75) is 25.9 Å². The molecule has 0 unspecified atom stereocenters. The number of Topliss-reactive ketones (excluding diaryl/α,β-unsaturated/α-hetero) is 1. The number of rotatable bonds is 3. The second kappa shape index (κ2) is 5.63. The molecule has 0 N–H and O–H groups in total. The number of aromatic nitrogens is 1. The second-order valence-corrected chi connectivity index (χ2v) is 5.21. The van der Waals surface area contributed by atoms with E-state index in [1.165, 1.54) is 0 Å². The van der Waals surface area contributed by atoms with Gasteiger partial charge in [0.1, 0.15) is 6.61 Å². The van der Waals surface area contributed by atoms with Gasteiger partial charge in [-0.1, -0.05) is 29.8 Å². The molecule has 20 heavy (non-hydrogen) atoms. The van der Waals surface area contributed by atoms with Crippen LogP contribution in [0.4, 0.5) is 0 Å². The largest absolute Gasteiger partial charge is 0.473 e. The number of nitrogens with zero attached hydrogens (tertiary/aromatic N) is 1. The third-order valence-corrected chi connectivity index (χ3v) is 3.77. The number of ketones is 1. The highest BCUT2D eigenvalue weighted by molar-refractivity contribution is 6.31. The van der Waals surface area contributed by atoms with Crippen molar-refractivity contribution in [3.8, 4) is 5.88 Å². The van der Waals surface area contributed by atoms with E-state index in [9.17, 15) is 4.79 Å². The van der Waals surface area contributed by atoms with Crippen molar-refractivity contribution >= 4 is 17.4 Å². The maximum absolute atomic E-state index is 11.7. The van der Waals surface area contributed by atoms with Crippen LogP contribution in [0.5, 0.6) is 5.88 Å². The molecule has 0 amide bonds. The summed E-state index contributed by atoms with van der Waals surface area (Å²) in [4.78, 5) is 16.1. The molecule has 0 atom stereocenters. The molecule has 0 radical (unpaired) electrons. The lowest BCUT2D eigenvalue weighted by molar-refractivity contribution is 0.0971. The van der Waals surface area contributed by atoms with Crippen LogP contribution in [0.1, 0.15) is 34.5 Å². The van der Waals surface area contributed by atoms with E-state index in [0.29, 0.717) is 23.9 Å². The van der Waals surface area contributed by atoms with Gasteiger partial charge < -0.3 is 4.74 Å². The summed E-state index contributed by atoms with van der Waals surface area (Å²) in [5.74, 6) is 0.717. The molecule has 0 spiro atoms. The SMILES string of the molecule is O=C1CCCc2nc(OCc3ccccc3Cl)ccc21. The molecule has 0 aliphatic heterocycles. The molecule has 2 aromatic rings. The van der Waals surface area contributed by atoms with E-state index in [0.717, 1.165) is 29.7 Å². The van der Waals surface area contributed by atoms with Crippen LogP contribution in [0.3, 0.4) is 0 Å². The first kappa shape index (κ1) is 13.1. The van der Waals surface area contributed by atoms with Gasteiger partial charge in [0.05, 0.1) is 5.69 Å². The Hall–Kier alpha value is -1.87. The maximum Gasteiger partial charge on any atom is 0.213 e. The molecule has 102 valence electrons. The third-order valence-electron chi connectivity index (χ3n) is 3.40. The highest BCUT2D eigenvalue weighted by Crippen LogP contribution is 2.23. The first-order valence-electron chi connectivity index (χ1n) is 6.63. The van der Waals surface area contributed by atoms with E-state index in [1.54, 1.807) is 6.07 Å². The minimum Gasteiger partial charge on any atom is -0.473 e. The predicted octanol–water partition coefficient (Wildman–Crippen LogP) is 3.83. The number of hydrogen-bond donors (Lipinski definition) is 0. The van der Waals surface area contributed by atoms with Gasteiger partial charge in [0, 0.05) is 28.6 Å². The Balaban J connectivity index is 1.76. The Labute approximate surface area is 122 Å². The van der Waals surface area contributed by atoms with Crippen LogP contribution in [-0.2, 0) is 13.0 Å². The topological polar surface area (TPSA) is 39.2 Å². The number of aryl methyl sites for hydroxylation is 1. The van der Waals surface area contributed by atoms with Crippen LogP contribution in [0, 0.1) is 0 Å². The van der Waals surface area contributed by atoms with Gasteiger partial charge in [-0.15, -0.1) is 0 Å².